The van der Waals surface area contributed by atoms with Crippen LogP contribution in [0, 0.1) is 0 Å². The first-order valence-corrected chi connectivity index (χ1v) is 4.30. The fraction of sp³-hybridized carbons (Fsp3) is 1.00. The number of rotatable bonds is 3. The number of alkyl halides is 1. The first kappa shape index (κ1) is 12.1. The molecule has 4 heteroatoms. The Morgan fingerprint density at radius 1 is 1.33 bits per heavy atom. The topological polar surface area (TPSA) is 23.5 Å². The monoisotopic (exact) mass is 197 g/mol. The second kappa shape index (κ2) is 6.63. The van der Waals surface area contributed by atoms with Crippen LogP contribution in [0.1, 0.15) is 19.3 Å². The fourth-order valence-electron chi connectivity index (χ4n) is 1.42. The highest BCUT2D eigenvalue weighted by Gasteiger charge is 2.17. The molecule has 0 aromatic heterocycles. The van der Waals surface area contributed by atoms with Crippen LogP contribution in [0.2, 0.25) is 0 Å². The summed E-state index contributed by atoms with van der Waals surface area (Å²) in [4.78, 5) is 2.21. The van der Waals surface area contributed by atoms with Gasteiger partial charge in [-0.3, -0.25) is 0 Å². The Kier molecular flexibility index (Phi) is 6.71. The van der Waals surface area contributed by atoms with Gasteiger partial charge in [0.2, 0.25) is 0 Å². The predicted octanol–water partition coefficient (Wildman–Crippen LogP) is 1.22. The highest BCUT2D eigenvalue weighted by Crippen LogP contribution is 2.12. The number of aliphatic hydroxyl groups is 1. The van der Waals surface area contributed by atoms with Crippen molar-refractivity contribution >= 4 is 12.4 Å². The average Bonchev–Trinajstić information content (AvgIpc) is 2.04. The summed E-state index contributed by atoms with van der Waals surface area (Å²) >= 11 is 0. The Labute approximate surface area is 79.2 Å². The van der Waals surface area contributed by atoms with E-state index in [0.717, 1.165) is 26.1 Å². The predicted molar refractivity (Wildman–Crippen MR) is 49.5 cm³/mol. The van der Waals surface area contributed by atoms with Crippen LogP contribution in [0.25, 0.3) is 0 Å². The maximum Gasteiger partial charge on any atom is 0.103 e. The normalized spacial score (nSPS) is 20.5. The Balaban J connectivity index is 0.00000121. The van der Waals surface area contributed by atoms with Crippen molar-refractivity contribution in [3.05, 3.63) is 0 Å². The fourth-order valence-corrected chi connectivity index (χ4v) is 1.42. The van der Waals surface area contributed by atoms with Crippen molar-refractivity contribution < 1.29 is 9.50 Å². The molecule has 1 aliphatic heterocycles. The zero-order valence-electron chi connectivity index (χ0n) is 7.21. The van der Waals surface area contributed by atoms with Gasteiger partial charge >= 0.3 is 0 Å². The van der Waals surface area contributed by atoms with Crippen molar-refractivity contribution in [2.45, 2.75) is 25.4 Å². The van der Waals surface area contributed by atoms with E-state index >= 15 is 0 Å². The number of likely N-dealkylation sites (tertiary alicyclic amines) is 1. The third-order valence-electron chi connectivity index (χ3n) is 2.15. The number of aliphatic hydroxyl groups excluding tert-OH is 1. The lowest BCUT2D eigenvalue weighted by Crippen LogP contribution is -2.35. The van der Waals surface area contributed by atoms with Crippen LogP contribution >= 0.6 is 12.4 Å². The van der Waals surface area contributed by atoms with E-state index in [1.54, 1.807) is 0 Å². The number of nitrogens with zero attached hydrogens (tertiary/aromatic N) is 1. The van der Waals surface area contributed by atoms with Crippen molar-refractivity contribution in [2.24, 2.45) is 0 Å². The van der Waals surface area contributed by atoms with Crippen molar-refractivity contribution in [1.29, 1.82) is 0 Å². The van der Waals surface area contributed by atoms with Crippen molar-refractivity contribution in [3.8, 4) is 0 Å². The molecule has 0 aromatic rings. The van der Waals surface area contributed by atoms with E-state index in [2.05, 4.69) is 4.90 Å². The molecule has 1 saturated heterocycles. The molecule has 0 bridgehead atoms. The summed E-state index contributed by atoms with van der Waals surface area (Å²) in [6, 6.07) is 0. The van der Waals surface area contributed by atoms with Crippen LogP contribution in [0.15, 0.2) is 0 Å². The molecule has 1 aliphatic rings. The first-order chi connectivity index (χ1) is 5.33. The molecule has 1 heterocycles. The van der Waals surface area contributed by atoms with Gasteiger partial charge in [0, 0.05) is 26.2 Å². The third kappa shape index (κ3) is 4.24. The largest absolute Gasteiger partial charge is 0.396 e. The number of hydrogen-bond acceptors (Lipinski definition) is 2. The SMILES string of the molecule is Cl.OCCCN1CCC(F)CC1. The molecule has 0 unspecified atom stereocenters. The zero-order valence-corrected chi connectivity index (χ0v) is 8.02. The molecule has 2 nitrogen and oxygen atoms in total. The highest BCUT2D eigenvalue weighted by atomic mass is 35.5. The standard InChI is InChI=1S/C8H16FNO.ClH/c9-8-2-5-10(6-3-8)4-1-7-11;/h8,11H,1-7H2;1H. The Hall–Kier alpha value is 0.140. The molecule has 0 spiro atoms. The lowest BCUT2D eigenvalue weighted by Gasteiger charge is -2.27. The molecule has 1 fully saturated rings. The molecule has 0 radical (unpaired) electrons. The maximum absolute atomic E-state index is 12.6. The van der Waals surface area contributed by atoms with E-state index in [-0.39, 0.29) is 19.0 Å². The molecule has 74 valence electrons. The van der Waals surface area contributed by atoms with Crippen LogP contribution in [0.4, 0.5) is 4.39 Å². The summed E-state index contributed by atoms with van der Waals surface area (Å²) < 4.78 is 12.6. The van der Waals surface area contributed by atoms with Crippen LogP contribution in [0.3, 0.4) is 0 Å². The number of piperidine rings is 1. The molecule has 0 saturated carbocycles. The van der Waals surface area contributed by atoms with Gasteiger partial charge < -0.3 is 10.0 Å². The number of hydrogen-bond donors (Lipinski definition) is 1. The molecule has 0 aliphatic carbocycles. The maximum atomic E-state index is 12.6. The molecule has 1 N–H and O–H groups in total. The van der Waals surface area contributed by atoms with E-state index in [0.29, 0.717) is 12.8 Å². The molecular weight excluding hydrogens is 181 g/mol. The summed E-state index contributed by atoms with van der Waals surface area (Å²) in [6.45, 7) is 2.89. The van der Waals surface area contributed by atoms with E-state index in [4.69, 9.17) is 5.11 Å². The van der Waals surface area contributed by atoms with E-state index in [9.17, 15) is 4.39 Å². The number of halogens is 2. The molecule has 0 amide bonds. The quantitative estimate of drug-likeness (QED) is 0.736. The van der Waals surface area contributed by atoms with E-state index in [1.807, 2.05) is 0 Å². The lowest BCUT2D eigenvalue weighted by molar-refractivity contribution is 0.141. The smallest absolute Gasteiger partial charge is 0.103 e. The molecular formula is C8H17ClFNO. The van der Waals surface area contributed by atoms with Gasteiger partial charge in [-0.25, -0.2) is 4.39 Å². The lowest BCUT2D eigenvalue weighted by atomic mass is 10.1. The molecule has 0 atom stereocenters. The van der Waals surface area contributed by atoms with Gasteiger partial charge in [0.05, 0.1) is 0 Å². The molecule has 12 heavy (non-hydrogen) atoms. The first-order valence-electron chi connectivity index (χ1n) is 4.30. The van der Waals surface area contributed by atoms with Gasteiger partial charge in [-0.15, -0.1) is 12.4 Å². The minimum atomic E-state index is -0.583. The second-order valence-electron chi connectivity index (χ2n) is 3.09. The van der Waals surface area contributed by atoms with Gasteiger partial charge in [0.25, 0.3) is 0 Å². The van der Waals surface area contributed by atoms with Gasteiger partial charge in [0.15, 0.2) is 0 Å². The average molecular weight is 198 g/mol. The molecule has 1 rings (SSSR count). The summed E-state index contributed by atoms with van der Waals surface area (Å²) in [5.74, 6) is 0. The minimum Gasteiger partial charge on any atom is -0.396 e. The van der Waals surface area contributed by atoms with Crippen LogP contribution in [-0.4, -0.2) is 42.4 Å². The summed E-state index contributed by atoms with van der Waals surface area (Å²) in [5, 5.41) is 8.55. The third-order valence-corrected chi connectivity index (χ3v) is 2.15. The summed E-state index contributed by atoms with van der Waals surface area (Å²) in [7, 11) is 0. The Bertz CT molecular complexity index is 104. The van der Waals surface area contributed by atoms with Gasteiger partial charge in [-0.05, 0) is 19.3 Å². The summed E-state index contributed by atoms with van der Waals surface area (Å²) in [6.07, 6.45) is 1.58. The van der Waals surface area contributed by atoms with Gasteiger partial charge in [-0.2, -0.15) is 0 Å². The molecule has 0 aromatic carbocycles. The van der Waals surface area contributed by atoms with E-state index < -0.39 is 6.17 Å². The van der Waals surface area contributed by atoms with Crippen LogP contribution in [0.5, 0.6) is 0 Å². The minimum absolute atomic E-state index is 0. The van der Waals surface area contributed by atoms with Gasteiger partial charge in [-0.1, -0.05) is 0 Å². The van der Waals surface area contributed by atoms with Crippen LogP contribution < -0.4 is 0 Å². The van der Waals surface area contributed by atoms with Crippen LogP contribution in [-0.2, 0) is 0 Å². The zero-order chi connectivity index (χ0) is 8.10. The van der Waals surface area contributed by atoms with Gasteiger partial charge in [0.1, 0.15) is 6.17 Å². The Morgan fingerprint density at radius 3 is 2.42 bits per heavy atom. The van der Waals surface area contributed by atoms with E-state index in [1.165, 1.54) is 0 Å². The van der Waals surface area contributed by atoms with Crippen molar-refractivity contribution in [2.75, 3.05) is 26.2 Å². The van der Waals surface area contributed by atoms with Crippen molar-refractivity contribution in [1.82, 2.24) is 4.90 Å². The second-order valence-corrected chi connectivity index (χ2v) is 3.09. The van der Waals surface area contributed by atoms with Crippen molar-refractivity contribution in [3.63, 3.8) is 0 Å². The summed E-state index contributed by atoms with van der Waals surface area (Å²) in [5.41, 5.74) is 0. The Morgan fingerprint density at radius 2 is 1.92 bits per heavy atom. The highest BCUT2D eigenvalue weighted by molar-refractivity contribution is 5.85.